The predicted octanol–water partition coefficient (Wildman–Crippen LogP) is 4.63. The number of nitrogens with zero attached hydrogens (tertiary/aromatic N) is 3. The van der Waals surface area contributed by atoms with Crippen LogP contribution in [0.3, 0.4) is 0 Å². The normalized spacial score (nSPS) is 19.3. The van der Waals surface area contributed by atoms with E-state index in [1.807, 2.05) is 31.2 Å². The molecule has 3 heterocycles. The lowest BCUT2D eigenvalue weighted by molar-refractivity contribution is 0.0934. The third-order valence-electron chi connectivity index (χ3n) is 6.48. The van der Waals surface area contributed by atoms with Gasteiger partial charge in [-0.1, -0.05) is 48.9 Å². The molecule has 2 aromatic heterocycles. The third-order valence-corrected chi connectivity index (χ3v) is 8.77. The van der Waals surface area contributed by atoms with Crippen LogP contribution in [0.2, 0.25) is 5.02 Å². The summed E-state index contributed by atoms with van der Waals surface area (Å²) in [6, 6.07) is 18.0. The predicted molar refractivity (Wildman–Crippen MR) is 136 cm³/mol. The van der Waals surface area contributed by atoms with Gasteiger partial charge in [0.1, 0.15) is 5.69 Å². The lowest BCUT2D eigenvalue weighted by Crippen LogP contribution is -2.22. The van der Waals surface area contributed by atoms with E-state index in [1.54, 1.807) is 41.1 Å². The topological polar surface area (TPSA) is 102 Å². The SMILES string of the molecule is CC1(CC(=O)c2ccc3c(-c4ccccc4Cl)nn(-c4cccc(CO)n4)c3c2)CCS(=O)(=O)C1. The first-order valence-corrected chi connectivity index (χ1v) is 13.5. The number of hydrogen-bond acceptors (Lipinski definition) is 6. The van der Waals surface area contributed by atoms with Crippen LogP contribution in [-0.2, 0) is 16.4 Å². The number of carbonyl (C=O) groups is 1. The van der Waals surface area contributed by atoms with Gasteiger partial charge in [0.05, 0.1) is 34.3 Å². The van der Waals surface area contributed by atoms with Crippen molar-refractivity contribution in [3.05, 3.63) is 76.9 Å². The van der Waals surface area contributed by atoms with Crippen LogP contribution in [0.25, 0.3) is 28.0 Å². The molecule has 0 bridgehead atoms. The zero-order chi connectivity index (χ0) is 24.8. The van der Waals surface area contributed by atoms with Gasteiger partial charge in [-0.25, -0.2) is 18.1 Å². The van der Waals surface area contributed by atoms with Crippen molar-refractivity contribution in [2.75, 3.05) is 11.5 Å². The number of aromatic nitrogens is 3. The van der Waals surface area contributed by atoms with Gasteiger partial charge in [-0.2, -0.15) is 5.10 Å². The molecule has 4 aromatic rings. The van der Waals surface area contributed by atoms with Gasteiger partial charge in [-0.05, 0) is 42.2 Å². The Kier molecular flexibility index (Phi) is 5.99. The number of rotatable bonds is 6. The summed E-state index contributed by atoms with van der Waals surface area (Å²) in [7, 11) is -3.10. The molecule has 9 heteroatoms. The highest BCUT2D eigenvalue weighted by Gasteiger charge is 2.40. The fraction of sp³-hybridized carbons (Fsp3) is 0.269. The van der Waals surface area contributed by atoms with Gasteiger partial charge in [0, 0.05) is 22.9 Å². The summed E-state index contributed by atoms with van der Waals surface area (Å²) in [5.74, 6) is 0.533. The number of Topliss-reactive ketones (excluding diaryl/α,β-unsaturated/α-hetero) is 1. The molecule has 35 heavy (non-hydrogen) atoms. The van der Waals surface area contributed by atoms with Crippen molar-refractivity contribution >= 4 is 38.1 Å². The van der Waals surface area contributed by atoms with Gasteiger partial charge in [0.15, 0.2) is 21.4 Å². The number of fused-ring (bicyclic) bond motifs is 1. The molecule has 0 aliphatic carbocycles. The number of benzene rings is 2. The summed E-state index contributed by atoms with van der Waals surface area (Å²) in [4.78, 5) is 17.7. The molecule has 1 atom stereocenters. The maximum Gasteiger partial charge on any atom is 0.163 e. The number of ketones is 1. The zero-order valence-electron chi connectivity index (χ0n) is 19.1. The van der Waals surface area contributed by atoms with Crippen LogP contribution >= 0.6 is 11.6 Å². The second kappa shape index (κ2) is 8.86. The van der Waals surface area contributed by atoms with E-state index in [2.05, 4.69) is 4.98 Å². The summed E-state index contributed by atoms with van der Waals surface area (Å²) in [5, 5.41) is 15.7. The van der Waals surface area contributed by atoms with Crippen LogP contribution in [0.5, 0.6) is 0 Å². The minimum absolute atomic E-state index is 0.0282. The van der Waals surface area contributed by atoms with E-state index in [-0.39, 0.29) is 30.3 Å². The largest absolute Gasteiger partial charge is 0.390 e. The average Bonchev–Trinajstić information content (AvgIpc) is 3.35. The van der Waals surface area contributed by atoms with Crippen molar-refractivity contribution in [3.8, 4) is 17.1 Å². The second-order valence-corrected chi connectivity index (χ2v) is 12.0. The quantitative estimate of drug-likeness (QED) is 0.380. The molecular formula is C26H24ClN3O4S. The number of pyridine rings is 1. The first kappa shape index (κ1) is 23.7. The lowest BCUT2D eigenvalue weighted by atomic mass is 9.83. The standard InChI is InChI=1S/C26H24ClN3O4S/c1-26(11-12-35(33,34)16-26)14-23(32)17-9-10-20-22(13-17)30(24-8-4-5-18(15-31)28-24)29-25(20)19-6-2-3-7-21(19)27/h2-10,13,31H,11-12,14-16H2,1H3. The highest BCUT2D eigenvalue weighted by atomic mass is 35.5. The molecule has 7 nitrogen and oxygen atoms in total. The number of sulfone groups is 1. The summed E-state index contributed by atoms with van der Waals surface area (Å²) >= 11 is 6.48. The summed E-state index contributed by atoms with van der Waals surface area (Å²) in [5.41, 5.74) is 2.47. The third kappa shape index (κ3) is 4.61. The molecule has 0 spiro atoms. The Morgan fingerprint density at radius 2 is 1.94 bits per heavy atom. The van der Waals surface area contributed by atoms with Crippen LogP contribution in [0.15, 0.2) is 60.7 Å². The van der Waals surface area contributed by atoms with Crippen molar-refractivity contribution < 1.29 is 18.3 Å². The van der Waals surface area contributed by atoms with Gasteiger partial charge in [-0.15, -0.1) is 0 Å². The van der Waals surface area contributed by atoms with E-state index in [4.69, 9.17) is 16.7 Å². The maximum atomic E-state index is 13.2. The smallest absolute Gasteiger partial charge is 0.163 e. The molecular weight excluding hydrogens is 486 g/mol. The van der Waals surface area contributed by atoms with Crippen molar-refractivity contribution in [1.82, 2.24) is 14.8 Å². The number of halogens is 1. The van der Waals surface area contributed by atoms with Gasteiger partial charge in [0.25, 0.3) is 0 Å². The highest BCUT2D eigenvalue weighted by Crippen LogP contribution is 2.38. The van der Waals surface area contributed by atoms with Crippen LogP contribution in [0.1, 0.15) is 35.8 Å². The monoisotopic (exact) mass is 509 g/mol. The van der Waals surface area contributed by atoms with E-state index in [0.717, 1.165) is 10.9 Å². The lowest BCUT2D eigenvalue weighted by Gasteiger charge is -2.20. The van der Waals surface area contributed by atoms with Crippen LogP contribution in [0.4, 0.5) is 0 Å². The number of hydrogen-bond donors (Lipinski definition) is 1. The van der Waals surface area contributed by atoms with Crippen LogP contribution in [0, 0.1) is 5.41 Å². The van der Waals surface area contributed by atoms with Gasteiger partial charge in [-0.3, -0.25) is 4.79 Å². The molecule has 1 aliphatic heterocycles. The Morgan fingerprint density at radius 1 is 1.14 bits per heavy atom. The van der Waals surface area contributed by atoms with Gasteiger partial charge < -0.3 is 5.11 Å². The molecule has 0 amide bonds. The minimum Gasteiger partial charge on any atom is -0.390 e. The van der Waals surface area contributed by atoms with Crippen molar-refractivity contribution in [3.63, 3.8) is 0 Å². The Bertz CT molecular complexity index is 1560. The Labute approximate surface area is 208 Å². The van der Waals surface area contributed by atoms with E-state index in [0.29, 0.717) is 39.7 Å². The summed E-state index contributed by atoms with van der Waals surface area (Å²) in [6.07, 6.45) is 0.636. The van der Waals surface area contributed by atoms with Gasteiger partial charge >= 0.3 is 0 Å². The number of carbonyl (C=O) groups excluding carboxylic acids is 1. The van der Waals surface area contributed by atoms with Gasteiger partial charge in [0.2, 0.25) is 0 Å². The second-order valence-electron chi connectivity index (χ2n) is 9.37. The number of aliphatic hydroxyl groups is 1. The molecule has 0 saturated carbocycles. The zero-order valence-corrected chi connectivity index (χ0v) is 20.7. The molecule has 0 radical (unpaired) electrons. The fourth-order valence-electron chi connectivity index (χ4n) is 4.69. The van der Waals surface area contributed by atoms with E-state index >= 15 is 0 Å². The van der Waals surface area contributed by atoms with E-state index in [1.165, 1.54) is 0 Å². The van der Waals surface area contributed by atoms with Crippen LogP contribution in [-0.4, -0.2) is 45.6 Å². The van der Waals surface area contributed by atoms with Crippen LogP contribution < -0.4 is 0 Å². The first-order valence-electron chi connectivity index (χ1n) is 11.3. The fourth-order valence-corrected chi connectivity index (χ4v) is 7.18. The molecule has 1 saturated heterocycles. The Hall–Kier alpha value is -3.07. The van der Waals surface area contributed by atoms with Crippen molar-refractivity contribution in [1.29, 1.82) is 0 Å². The van der Waals surface area contributed by atoms with Crippen molar-refractivity contribution in [2.45, 2.75) is 26.4 Å². The number of aliphatic hydroxyl groups excluding tert-OH is 1. The molecule has 1 N–H and O–H groups in total. The van der Waals surface area contributed by atoms with E-state index in [9.17, 15) is 18.3 Å². The molecule has 5 rings (SSSR count). The molecule has 1 unspecified atom stereocenters. The summed E-state index contributed by atoms with van der Waals surface area (Å²) in [6.45, 7) is 1.65. The van der Waals surface area contributed by atoms with E-state index < -0.39 is 15.3 Å². The maximum absolute atomic E-state index is 13.2. The van der Waals surface area contributed by atoms with Crippen molar-refractivity contribution in [2.24, 2.45) is 5.41 Å². The molecule has 1 aliphatic rings. The highest BCUT2D eigenvalue weighted by molar-refractivity contribution is 7.91. The molecule has 2 aromatic carbocycles. The Morgan fingerprint density at radius 3 is 2.66 bits per heavy atom. The molecule has 1 fully saturated rings. The Balaban J connectivity index is 1.63. The molecule has 180 valence electrons. The average molecular weight is 510 g/mol. The summed E-state index contributed by atoms with van der Waals surface area (Å²) < 4.78 is 25.6. The first-order chi connectivity index (χ1) is 16.7. The minimum atomic E-state index is -3.10.